The summed E-state index contributed by atoms with van der Waals surface area (Å²) in [7, 11) is 8.47. The van der Waals surface area contributed by atoms with E-state index >= 15 is 0 Å². The van der Waals surface area contributed by atoms with E-state index in [1.165, 1.54) is 44.4 Å². The van der Waals surface area contributed by atoms with E-state index in [2.05, 4.69) is 16.2 Å². The number of hydrogen-bond acceptors (Lipinski definition) is 20. The number of nitrogens with one attached hydrogen (secondary N) is 3. The fourth-order valence-electron chi connectivity index (χ4n) is 11.4. The van der Waals surface area contributed by atoms with E-state index in [0.717, 1.165) is 11.6 Å². The monoisotopic (exact) mass is 1140 g/mol. The maximum atomic E-state index is 15.0. The molecule has 454 valence electrons. The molecule has 3 fully saturated rings. The average Bonchev–Trinajstić information content (AvgIpc) is 3.42. The number of nitrogens with zero attached hydrogens (tertiary/aromatic N) is 3. The topological polar surface area (TPSA) is 298 Å². The number of carbonyl (C=O) groups excluding carboxylic acids is 4. The van der Waals surface area contributed by atoms with Gasteiger partial charge in [-0.3, -0.25) is 30.0 Å². The molecule has 0 bridgehead atoms. The SMILES string of the molecule is CC[C@H]1OC(=O)[C@@H](C)[C@H](O[C@@H]2C[C@](C)(OC)[C@H](OC(=O)NNC(=O)/C=C/c3ccc([N+](=O)[O-])cc3)[C@@H](C)O2)[C@H](C)[C@H](O[C@H]2O[C@@H](C)C[C@@H](N(C)C)[C@@H]2O)[C@@](C)(O)C[C@H](C)CN(C)[C@@H](C)[C@H](OC(=O)NCc2ccc(OC)cc2)[C@@]1(C)O. The van der Waals surface area contributed by atoms with Crippen molar-refractivity contribution in [3.63, 3.8) is 0 Å². The van der Waals surface area contributed by atoms with E-state index in [9.17, 15) is 44.6 Å². The molecule has 0 aromatic heterocycles. The van der Waals surface area contributed by atoms with Crippen LogP contribution < -0.4 is 20.9 Å². The third-order valence-electron chi connectivity index (χ3n) is 16.0. The van der Waals surface area contributed by atoms with Crippen LogP contribution in [0.25, 0.3) is 6.08 Å². The fraction of sp³-hybridized carbons (Fsp3) is 0.684. The first-order chi connectivity index (χ1) is 37.9. The number of rotatable bonds is 15. The molecular formula is C57H88N6O18. The van der Waals surface area contributed by atoms with Gasteiger partial charge in [0.2, 0.25) is 0 Å². The lowest BCUT2D eigenvalue weighted by Crippen LogP contribution is -2.61. The van der Waals surface area contributed by atoms with Gasteiger partial charge in [0.1, 0.15) is 29.2 Å². The van der Waals surface area contributed by atoms with E-state index < -0.39 is 119 Å². The van der Waals surface area contributed by atoms with Gasteiger partial charge in [0.15, 0.2) is 24.8 Å². The largest absolute Gasteiger partial charge is 0.497 e. The van der Waals surface area contributed by atoms with Crippen LogP contribution >= 0.6 is 0 Å². The van der Waals surface area contributed by atoms with Gasteiger partial charge in [0, 0.05) is 62.8 Å². The molecule has 5 rings (SSSR count). The number of aliphatic hydroxyl groups excluding tert-OH is 1. The van der Waals surface area contributed by atoms with Crippen molar-refractivity contribution in [3.8, 4) is 5.75 Å². The van der Waals surface area contributed by atoms with Crippen LogP contribution in [0.15, 0.2) is 54.6 Å². The zero-order valence-electron chi connectivity index (χ0n) is 49.5. The van der Waals surface area contributed by atoms with Crippen LogP contribution in [0.3, 0.4) is 0 Å². The molecule has 24 heteroatoms. The van der Waals surface area contributed by atoms with Crippen LogP contribution in [0.4, 0.5) is 15.3 Å². The molecule has 0 saturated carbocycles. The van der Waals surface area contributed by atoms with Crippen molar-refractivity contribution < 1.29 is 82.1 Å². The van der Waals surface area contributed by atoms with Crippen LogP contribution in [-0.2, 0) is 54.0 Å². The van der Waals surface area contributed by atoms with Crippen molar-refractivity contribution in [3.05, 3.63) is 75.8 Å². The summed E-state index contributed by atoms with van der Waals surface area (Å²) in [5, 5.41) is 51.3. The number of amides is 3. The zero-order chi connectivity index (χ0) is 60.3. The summed E-state index contributed by atoms with van der Waals surface area (Å²) in [6, 6.07) is 11.5. The molecule has 18 atom stereocenters. The number of carbonyl (C=O) groups is 4. The number of methoxy groups -OCH3 is 2. The molecule has 2 aromatic carbocycles. The molecule has 3 aliphatic rings. The van der Waals surface area contributed by atoms with Crippen LogP contribution in [0, 0.1) is 27.9 Å². The van der Waals surface area contributed by atoms with Gasteiger partial charge in [-0.2, -0.15) is 0 Å². The number of hydrogen-bond donors (Lipinski definition) is 6. The van der Waals surface area contributed by atoms with Crippen molar-refractivity contribution >= 4 is 35.8 Å². The number of alkyl carbamates (subject to hydrolysis) is 1. The number of esters is 1. The molecule has 0 unspecified atom stereocenters. The molecule has 24 nitrogen and oxygen atoms in total. The summed E-state index contributed by atoms with van der Waals surface area (Å²) < 4.78 is 56.1. The van der Waals surface area contributed by atoms with Crippen molar-refractivity contribution in [2.45, 2.75) is 192 Å². The van der Waals surface area contributed by atoms with Gasteiger partial charge < -0.3 is 68.2 Å². The first kappa shape index (κ1) is 66.3. The minimum absolute atomic E-state index is 0.0856. The predicted octanol–water partition coefficient (Wildman–Crippen LogP) is 5.23. The van der Waals surface area contributed by atoms with E-state index in [4.69, 9.17) is 42.6 Å². The van der Waals surface area contributed by atoms with E-state index in [0.29, 0.717) is 24.3 Å². The molecule has 2 aromatic rings. The van der Waals surface area contributed by atoms with Gasteiger partial charge >= 0.3 is 18.2 Å². The molecular weight excluding hydrogens is 1060 g/mol. The Kier molecular flexibility index (Phi) is 23.4. The second-order valence-electron chi connectivity index (χ2n) is 22.9. The van der Waals surface area contributed by atoms with Gasteiger partial charge in [-0.25, -0.2) is 15.0 Å². The van der Waals surface area contributed by atoms with Gasteiger partial charge in [0.25, 0.3) is 11.6 Å². The highest BCUT2D eigenvalue weighted by atomic mass is 16.7. The highest BCUT2D eigenvalue weighted by molar-refractivity contribution is 5.92. The zero-order valence-corrected chi connectivity index (χ0v) is 49.5. The third-order valence-corrected chi connectivity index (χ3v) is 16.0. The van der Waals surface area contributed by atoms with Gasteiger partial charge in [0.05, 0.1) is 48.0 Å². The van der Waals surface area contributed by atoms with Crippen molar-refractivity contribution in [1.29, 1.82) is 0 Å². The number of likely N-dealkylation sites (N-methyl/N-ethyl adjacent to an activating group) is 2. The number of nitro groups is 1. The summed E-state index contributed by atoms with van der Waals surface area (Å²) in [5.74, 6) is -3.36. The first-order valence-electron chi connectivity index (χ1n) is 27.6. The van der Waals surface area contributed by atoms with Gasteiger partial charge in [-0.15, -0.1) is 0 Å². The second-order valence-corrected chi connectivity index (χ2v) is 22.9. The highest BCUT2D eigenvalue weighted by Gasteiger charge is 2.54. The lowest BCUT2D eigenvalue weighted by Gasteiger charge is -2.49. The van der Waals surface area contributed by atoms with Crippen LogP contribution in [0.5, 0.6) is 5.75 Å². The predicted molar refractivity (Wildman–Crippen MR) is 296 cm³/mol. The number of cyclic esters (lactones) is 1. The Hall–Kier alpha value is -5.54. The number of aliphatic hydroxyl groups is 3. The number of benzene rings is 2. The smallest absolute Gasteiger partial charge is 0.426 e. The Bertz CT molecular complexity index is 2430. The molecule has 3 aliphatic heterocycles. The maximum Gasteiger partial charge on any atom is 0.426 e. The Labute approximate surface area is 475 Å². The quantitative estimate of drug-likeness (QED) is 0.0437. The second kappa shape index (κ2) is 28.6. The Morgan fingerprint density at radius 2 is 1.53 bits per heavy atom. The molecule has 81 heavy (non-hydrogen) atoms. The van der Waals surface area contributed by atoms with Crippen LogP contribution in [-0.4, -0.2) is 186 Å². The van der Waals surface area contributed by atoms with E-state index in [-0.39, 0.29) is 49.6 Å². The molecule has 3 saturated heterocycles. The number of hydrazine groups is 1. The average molecular weight is 1150 g/mol. The van der Waals surface area contributed by atoms with Crippen molar-refractivity contribution in [1.82, 2.24) is 26.0 Å². The summed E-state index contributed by atoms with van der Waals surface area (Å²) in [6.45, 7) is 17.5. The molecule has 0 spiro atoms. The Balaban J connectivity index is 1.47. The number of nitro benzene ring substituents is 1. The van der Waals surface area contributed by atoms with E-state index in [1.54, 1.807) is 79.8 Å². The van der Waals surface area contributed by atoms with Gasteiger partial charge in [-0.05, 0) is 136 Å². The van der Waals surface area contributed by atoms with Gasteiger partial charge in [-0.1, -0.05) is 32.9 Å². The normalized spacial score (nSPS) is 35.6. The minimum atomic E-state index is -2.00. The summed E-state index contributed by atoms with van der Waals surface area (Å²) in [6.07, 6.45) is -9.77. The lowest BCUT2D eigenvalue weighted by atomic mass is 9.77. The van der Waals surface area contributed by atoms with Crippen LogP contribution in [0.2, 0.25) is 0 Å². The summed E-state index contributed by atoms with van der Waals surface area (Å²) >= 11 is 0. The van der Waals surface area contributed by atoms with Crippen molar-refractivity contribution in [2.24, 2.45) is 17.8 Å². The summed E-state index contributed by atoms with van der Waals surface area (Å²) in [5.41, 5.74) is 0.524. The Morgan fingerprint density at radius 3 is 2.12 bits per heavy atom. The molecule has 6 N–H and O–H groups in total. The Morgan fingerprint density at radius 1 is 0.889 bits per heavy atom. The van der Waals surface area contributed by atoms with E-state index in [1.807, 2.05) is 44.8 Å². The lowest BCUT2D eigenvalue weighted by molar-refractivity contribution is -0.384. The molecule has 3 amide bonds. The minimum Gasteiger partial charge on any atom is -0.497 e. The van der Waals surface area contributed by atoms with Crippen molar-refractivity contribution in [2.75, 3.05) is 41.9 Å². The third kappa shape index (κ3) is 17.3. The number of ether oxygens (including phenoxy) is 9. The summed E-state index contributed by atoms with van der Waals surface area (Å²) in [4.78, 5) is 68.9. The van der Waals surface area contributed by atoms with Crippen LogP contribution in [0.1, 0.15) is 106 Å². The molecule has 3 heterocycles. The first-order valence-corrected chi connectivity index (χ1v) is 27.6. The standard InChI is InChI=1S/C57H88N6O18/c1-16-43-57(10,70)49(80-53(67)58-30-39-19-24-41(73-14)25-20-39)36(6)62(13)31-32(2)28-55(8,69)48(79-52-46(65)42(61(11)12)27-33(3)75-52)34(4)47(35(5)51(66)77-43)78-45-29-56(9,74-15)50(37(7)76-45)81-54(68)60-59-44(64)26-21-38-17-22-40(23-18-38)63(71)72/h17-26,32-37,42-43,45-50,52,65,69-70H,16,27-31H2,1-15H3,(H,58,67)(H,59,64)(H,60,68)/b26-21+/t32-,33-,34-,35-,36-,37+,42+,43+,45+,46-,47+,48-,49-,50+,52+,55-,56-,57-/m0/s1. The highest BCUT2D eigenvalue weighted by Crippen LogP contribution is 2.41. The maximum absolute atomic E-state index is 15.0. The fourth-order valence-corrected chi connectivity index (χ4v) is 11.4. The number of non-ortho nitro benzene ring substituents is 1. The molecule has 0 aliphatic carbocycles. The molecule has 0 radical (unpaired) electrons.